The summed E-state index contributed by atoms with van der Waals surface area (Å²) < 4.78 is 2.23. The molecular formula is C29H20N4. The highest BCUT2D eigenvalue weighted by Gasteiger charge is 2.18. The highest BCUT2D eigenvalue weighted by Crippen LogP contribution is 2.37. The first-order chi connectivity index (χ1) is 16.4. The number of pyridine rings is 2. The normalized spacial score (nSPS) is 11.0. The second-order valence-electron chi connectivity index (χ2n) is 7.84. The molecule has 0 aliphatic heterocycles. The first-order valence-corrected chi connectivity index (χ1v) is 10.9. The summed E-state index contributed by atoms with van der Waals surface area (Å²) in [7, 11) is 0. The number of imidazole rings is 1. The lowest BCUT2D eigenvalue weighted by Gasteiger charge is -2.15. The van der Waals surface area contributed by atoms with E-state index in [4.69, 9.17) is 4.98 Å². The summed E-state index contributed by atoms with van der Waals surface area (Å²) in [5, 5.41) is 0. The number of nitrogens with zero attached hydrogens (tertiary/aromatic N) is 4. The maximum atomic E-state index is 5.08. The van der Waals surface area contributed by atoms with Crippen LogP contribution in [-0.4, -0.2) is 19.5 Å². The summed E-state index contributed by atoms with van der Waals surface area (Å²) in [5.74, 6) is 0.902. The van der Waals surface area contributed by atoms with Crippen molar-refractivity contribution < 1.29 is 0 Å². The van der Waals surface area contributed by atoms with E-state index < -0.39 is 0 Å². The summed E-state index contributed by atoms with van der Waals surface area (Å²) in [6.07, 6.45) is 7.39. The number of rotatable bonds is 4. The monoisotopic (exact) mass is 424 g/mol. The Morgan fingerprint density at radius 1 is 0.545 bits per heavy atom. The molecule has 0 saturated carbocycles. The van der Waals surface area contributed by atoms with Gasteiger partial charge >= 0.3 is 0 Å². The van der Waals surface area contributed by atoms with Gasteiger partial charge in [-0.2, -0.15) is 0 Å². The molecule has 6 aromatic rings. The van der Waals surface area contributed by atoms with Crippen molar-refractivity contribution in [2.45, 2.75) is 0 Å². The number of aromatic nitrogens is 4. The van der Waals surface area contributed by atoms with Crippen LogP contribution in [0.2, 0.25) is 0 Å². The second kappa shape index (κ2) is 8.17. The van der Waals surface area contributed by atoms with Crippen LogP contribution in [0.4, 0.5) is 0 Å². The molecule has 3 heterocycles. The average Bonchev–Trinajstić information content (AvgIpc) is 3.29. The van der Waals surface area contributed by atoms with Gasteiger partial charge in [-0.1, -0.05) is 48.5 Å². The summed E-state index contributed by atoms with van der Waals surface area (Å²) in [5.41, 5.74) is 8.48. The number of para-hydroxylation sites is 3. The van der Waals surface area contributed by atoms with E-state index >= 15 is 0 Å². The highest BCUT2D eigenvalue weighted by atomic mass is 15.1. The Balaban J connectivity index is 1.65. The molecule has 0 aliphatic carbocycles. The second-order valence-corrected chi connectivity index (χ2v) is 7.84. The number of fused-ring (bicyclic) bond motifs is 1. The molecule has 0 bridgehead atoms. The molecule has 3 aromatic heterocycles. The molecule has 0 N–H and O–H groups in total. The van der Waals surface area contributed by atoms with Crippen LogP contribution < -0.4 is 0 Å². The van der Waals surface area contributed by atoms with Gasteiger partial charge in [0.2, 0.25) is 0 Å². The summed E-state index contributed by atoms with van der Waals surface area (Å²) in [6.45, 7) is 0. The van der Waals surface area contributed by atoms with Gasteiger partial charge in [0.05, 0.1) is 11.0 Å². The third-order valence-electron chi connectivity index (χ3n) is 5.80. The Morgan fingerprint density at radius 2 is 1.27 bits per heavy atom. The lowest BCUT2D eigenvalue weighted by molar-refractivity contribution is 1.10. The first kappa shape index (κ1) is 19.1. The molecular weight excluding hydrogens is 404 g/mol. The van der Waals surface area contributed by atoms with Crippen molar-refractivity contribution in [2.75, 3.05) is 0 Å². The molecule has 0 fully saturated rings. The van der Waals surface area contributed by atoms with Gasteiger partial charge in [0, 0.05) is 47.2 Å². The molecule has 0 aliphatic rings. The third-order valence-corrected chi connectivity index (χ3v) is 5.80. The standard InChI is InChI=1S/C29H20N4/c1-2-10-24(11-3-1)33-28-13-5-4-12-27(28)32-29(33)25-15-14-21(22-8-6-16-30-19-22)18-26(25)23-9-7-17-31-20-23/h1-20H. The SMILES string of the molecule is c1ccc(-n2c(-c3ccc(-c4cccnc4)cc3-c3cccnc3)nc3ccccc32)cc1. The molecule has 156 valence electrons. The summed E-state index contributed by atoms with van der Waals surface area (Å²) in [6, 6.07) is 33.2. The van der Waals surface area contributed by atoms with Crippen LogP contribution in [-0.2, 0) is 0 Å². The molecule has 0 saturated heterocycles. The lowest BCUT2D eigenvalue weighted by Crippen LogP contribution is -1.99. The van der Waals surface area contributed by atoms with Crippen LogP contribution in [0.15, 0.2) is 122 Å². The quantitative estimate of drug-likeness (QED) is 0.312. The van der Waals surface area contributed by atoms with Crippen LogP contribution >= 0.6 is 0 Å². The van der Waals surface area contributed by atoms with Crippen molar-refractivity contribution in [3.05, 3.63) is 122 Å². The Hall–Kier alpha value is -4.57. The van der Waals surface area contributed by atoms with Gasteiger partial charge in [-0.3, -0.25) is 14.5 Å². The summed E-state index contributed by atoms with van der Waals surface area (Å²) in [4.78, 5) is 13.8. The minimum atomic E-state index is 0.902. The molecule has 0 radical (unpaired) electrons. The predicted molar refractivity (Wildman–Crippen MR) is 133 cm³/mol. The number of hydrogen-bond donors (Lipinski definition) is 0. The Bertz CT molecular complexity index is 1540. The first-order valence-electron chi connectivity index (χ1n) is 10.9. The van der Waals surface area contributed by atoms with Crippen LogP contribution in [0, 0.1) is 0 Å². The van der Waals surface area contributed by atoms with Crippen LogP contribution in [0.1, 0.15) is 0 Å². The van der Waals surface area contributed by atoms with Gasteiger partial charge in [-0.05, 0) is 59.7 Å². The van der Waals surface area contributed by atoms with E-state index in [1.54, 1.807) is 12.4 Å². The fourth-order valence-electron chi connectivity index (χ4n) is 4.26. The van der Waals surface area contributed by atoms with Crippen molar-refractivity contribution >= 4 is 11.0 Å². The molecule has 4 heteroatoms. The fourth-order valence-corrected chi connectivity index (χ4v) is 4.26. The molecule has 6 rings (SSSR count). The number of benzene rings is 3. The smallest absolute Gasteiger partial charge is 0.146 e. The van der Waals surface area contributed by atoms with Crippen molar-refractivity contribution in [3.8, 4) is 39.3 Å². The van der Waals surface area contributed by atoms with E-state index in [-0.39, 0.29) is 0 Å². The minimum Gasteiger partial charge on any atom is -0.292 e. The van der Waals surface area contributed by atoms with Gasteiger partial charge in [-0.15, -0.1) is 0 Å². The lowest BCUT2D eigenvalue weighted by atomic mass is 9.95. The largest absolute Gasteiger partial charge is 0.292 e. The van der Waals surface area contributed by atoms with Crippen molar-refractivity contribution in [3.63, 3.8) is 0 Å². The molecule has 0 unspecified atom stereocenters. The maximum Gasteiger partial charge on any atom is 0.146 e. The van der Waals surface area contributed by atoms with E-state index in [2.05, 4.69) is 87.3 Å². The van der Waals surface area contributed by atoms with Crippen LogP contribution in [0.3, 0.4) is 0 Å². The van der Waals surface area contributed by atoms with Gasteiger partial charge in [0.25, 0.3) is 0 Å². The molecule has 3 aromatic carbocycles. The Labute approximate surface area is 191 Å². The van der Waals surface area contributed by atoms with E-state index in [0.29, 0.717) is 0 Å². The van der Waals surface area contributed by atoms with Gasteiger partial charge < -0.3 is 0 Å². The zero-order chi connectivity index (χ0) is 22.0. The zero-order valence-electron chi connectivity index (χ0n) is 17.8. The topological polar surface area (TPSA) is 43.6 Å². The van der Waals surface area contributed by atoms with Crippen LogP contribution in [0.5, 0.6) is 0 Å². The van der Waals surface area contributed by atoms with Crippen molar-refractivity contribution in [1.29, 1.82) is 0 Å². The molecule has 4 nitrogen and oxygen atoms in total. The van der Waals surface area contributed by atoms with E-state index in [9.17, 15) is 0 Å². The summed E-state index contributed by atoms with van der Waals surface area (Å²) >= 11 is 0. The third kappa shape index (κ3) is 3.48. The van der Waals surface area contributed by atoms with Gasteiger partial charge in [0.1, 0.15) is 5.82 Å². The van der Waals surface area contributed by atoms with Gasteiger partial charge in [-0.25, -0.2) is 4.98 Å². The van der Waals surface area contributed by atoms with Crippen molar-refractivity contribution in [2.24, 2.45) is 0 Å². The Kier molecular flexibility index (Phi) is 4.74. The van der Waals surface area contributed by atoms with Gasteiger partial charge in [0.15, 0.2) is 0 Å². The Morgan fingerprint density at radius 3 is 2.03 bits per heavy atom. The number of hydrogen-bond acceptors (Lipinski definition) is 3. The van der Waals surface area contributed by atoms with Crippen molar-refractivity contribution in [1.82, 2.24) is 19.5 Å². The average molecular weight is 425 g/mol. The van der Waals surface area contributed by atoms with E-state index in [0.717, 1.165) is 50.4 Å². The molecule has 0 atom stereocenters. The minimum absolute atomic E-state index is 0.902. The molecule has 0 amide bonds. The van der Waals surface area contributed by atoms with E-state index in [1.807, 2.05) is 36.7 Å². The van der Waals surface area contributed by atoms with E-state index in [1.165, 1.54) is 0 Å². The highest BCUT2D eigenvalue weighted by molar-refractivity contribution is 5.90. The molecule has 33 heavy (non-hydrogen) atoms. The zero-order valence-corrected chi connectivity index (χ0v) is 17.8. The fraction of sp³-hybridized carbons (Fsp3) is 0. The maximum absolute atomic E-state index is 5.08. The molecule has 0 spiro atoms. The van der Waals surface area contributed by atoms with Crippen LogP contribution in [0.25, 0.3) is 50.4 Å². The predicted octanol–water partition coefficient (Wildman–Crippen LogP) is 6.82.